The highest BCUT2D eigenvalue weighted by Crippen LogP contribution is 2.49. The summed E-state index contributed by atoms with van der Waals surface area (Å²) in [4.78, 5) is 38.4. The number of Topliss-reactive ketones (excluding diaryl/α,β-unsaturated/α-hetero) is 2. The quantitative estimate of drug-likeness (QED) is 0.397. The molecule has 1 heterocycles. The Bertz CT molecular complexity index is 1330. The van der Waals surface area contributed by atoms with E-state index in [0.29, 0.717) is 82.5 Å². The smallest absolute Gasteiger partial charge is 0.262 e. The van der Waals surface area contributed by atoms with Crippen molar-refractivity contribution in [1.29, 1.82) is 0 Å². The first-order chi connectivity index (χ1) is 17.7. The van der Waals surface area contributed by atoms with Gasteiger partial charge in [0.1, 0.15) is 11.5 Å². The lowest BCUT2D eigenvalue weighted by atomic mass is 9.73. The van der Waals surface area contributed by atoms with Crippen LogP contribution in [0.5, 0.6) is 5.75 Å². The zero-order valence-corrected chi connectivity index (χ0v) is 22.5. The van der Waals surface area contributed by atoms with Crippen molar-refractivity contribution in [3.8, 4) is 5.75 Å². The summed E-state index contributed by atoms with van der Waals surface area (Å²) in [5, 5.41) is 3.65. The largest absolute Gasteiger partial charge is 0.481 e. The van der Waals surface area contributed by atoms with Gasteiger partial charge in [0.15, 0.2) is 23.9 Å². The lowest BCUT2D eigenvalue weighted by molar-refractivity contribution is -0.119. The van der Waals surface area contributed by atoms with Crippen molar-refractivity contribution >= 4 is 69.6 Å². The van der Waals surface area contributed by atoms with Crippen molar-refractivity contribution < 1.29 is 23.9 Å². The normalized spacial score (nSPS) is 17.8. The van der Waals surface area contributed by atoms with E-state index in [1.807, 2.05) is 0 Å². The van der Waals surface area contributed by atoms with E-state index >= 15 is 0 Å². The van der Waals surface area contributed by atoms with Crippen molar-refractivity contribution in [2.75, 3.05) is 11.9 Å². The topological polar surface area (TPSA) is 81.7 Å². The molecule has 10 heteroatoms. The van der Waals surface area contributed by atoms with Gasteiger partial charge < -0.3 is 14.8 Å². The first kappa shape index (κ1) is 26.1. The molecule has 2 aromatic rings. The van der Waals surface area contributed by atoms with E-state index < -0.39 is 11.8 Å². The van der Waals surface area contributed by atoms with Crippen LogP contribution in [0.15, 0.2) is 53.0 Å². The first-order valence-corrected chi connectivity index (χ1v) is 13.3. The average molecular weight is 581 g/mol. The summed E-state index contributed by atoms with van der Waals surface area (Å²) in [5.74, 6) is 0.246. The number of allylic oxidation sites excluding steroid dienone is 4. The van der Waals surface area contributed by atoms with Gasteiger partial charge in [0.2, 0.25) is 0 Å². The van der Waals surface area contributed by atoms with Crippen LogP contribution >= 0.6 is 46.4 Å². The second kappa shape index (κ2) is 10.7. The number of carbonyl (C=O) groups is 3. The molecule has 37 heavy (non-hydrogen) atoms. The maximum Gasteiger partial charge on any atom is 0.262 e. The Kier molecular flexibility index (Phi) is 7.55. The second-order valence-corrected chi connectivity index (χ2v) is 10.7. The predicted octanol–water partition coefficient (Wildman–Crippen LogP) is 7.45. The summed E-state index contributed by atoms with van der Waals surface area (Å²) in [5.41, 5.74) is 2.07. The molecule has 0 atom stereocenters. The molecule has 0 spiro atoms. The van der Waals surface area contributed by atoms with Crippen LogP contribution < -0.4 is 10.1 Å². The number of ether oxygens (including phenoxy) is 2. The highest BCUT2D eigenvalue weighted by atomic mass is 35.5. The van der Waals surface area contributed by atoms with E-state index in [9.17, 15) is 14.4 Å². The van der Waals surface area contributed by atoms with Crippen LogP contribution in [0.25, 0.3) is 0 Å². The fourth-order valence-corrected chi connectivity index (χ4v) is 5.85. The molecule has 0 bridgehead atoms. The summed E-state index contributed by atoms with van der Waals surface area (Å²) < 4.78 is 11.7. The second-order valence-electron chi connectivity index (χ2n) is 9.04. The number of benzene rings is 2. The Labute approximate surface area is 233 Å². The number of ketones is 2. The molecule has 0 radical (unpaired) electrons. The lowest BCUT2D eigenvalue weighted by Gasteiger charge is -2.36. The van der Waals surface area contributed by atoms with Gasteiger partial charge in [-0.15, -0.1) is 0 Å². The van der Waals surface area contributed by atoms with Gasteiger partial charge in [-0.3, -0.25) is 14.4 Å². The van der Waals surface area contributed by atoms with Gasteiger partial charge in [-0.1, -0.05) is 46.4 Å². The van der Waals surface area contributed by atoms with E-state index in [0.717, 1.165) is 0 Å². The number of hydrogen-bond acceptors (Lipinski definition) is 5. The number of anilines is 1. The summed E-state index contributed by atoms with van der Waals surface area (Å²) in [6.45, 7) is -0.363. The van der Waals surface area contributed by atoms with E-state index in [-0.39, 0.29) is 34.0 Å². The maximum absolute atomic E-state index is 13.0. The lowest BCUT2D eigenvalue weighted by Crippen LogP contribution is -2.30. The molecule has 0 aromatic heterocycles. The van der Waals surface area contributed by atoms with Crippen LogP contribution in [0, 0.1) is 0 Å². The van der Waals surface area contributed by atoms with Crippen molar-refractivity contribution in [3.05, 3.63) is 78.7 Å². The number of nitrogens with one attached hydrogen (secondary N) is 1. The van der Waals surface area contributed by atoms with E-state index in [1.165, 1.54) is 6.07 Å². The molecule has 1 aliphatic heterocycles. The van der Waals surface area contributed by atoms with Gasteiger partial charge in [0, 0.05) is 48.4 Å². The number of halogens is 4. The molecular formula is C27H21Cl4NO5. The first-order valence-electron chi connectivity index (χ1n) is 11.8. The van der Waals surface area contributed by atoms with Crippen LogP contribution in [0.4, 0.5) is 5.69 Å². The Morgan fingerprint density at radius 3 is 2.00 bits per heavy atom. The summed E-state index contributed by atoms with van der Waals surface area (Å²) in [7, 11) is 0. The van der Waals surface area contributed by atoms with Crippen molar-refractivity contribution in [1.82, 2.24) is 0 Å². The third-order valence-electron chi connectivity index (χ3n) is 6.55. The van der Waals surface area contributed by atoms with Crippen LogP contribution in [-0.2, 0) is 19.1 Å². The molecule has 1 amide bonds. The molecule has 5 rings (SSSR count). The molecule has 6 nitrogen and oxygen atoms in total. The summed E-state index contributed by atoms with van der Waals surface area (Å²) in [6.07, 6.45) is 3.48. The SMILES string of the molecule is O=C(COc1c(Cl)cc(C2C3=C(CCCC3=O)OC3=C2C(=O)CCC3)cc1Cl)Nc1ccc(Cl)c(Cl)c1. The summed E-state index contributed by atoms with van der Waals surface area (Å²) in [6, 6.07) is 7.97. The molecule has 192 valence electrons. The zero-order chi connectivity index (χ0) is 26.3. The Balaban J connectivity index is 1.41. The molecule has 0 fully saturated rings. The van der Waals surface area contributed by atoms with Gasteiger partial charge in [-0.2, -0.15) is 0 Å². The molecule has 0 saturated carbocycles. The predicted molar refractivity (Wildman–Crippen MR) is 143 cm³/mol. The van der Waals surface area contributed by atoms with Crippen molar-refractivity contribution in [2.45, 2.75) is 44.4 Å². The fourth-order valence-electron chi connectivity index (χ4n) is 4.94. The van der Waals surface area contributed by atoms with E-state index in [2.05, 4.69) is 5.32 Å². The Hall–Kier alpha value is -2.51. The minimum absolute atomic E-state index is 0.0391. The van der Waals surface area contributed by atoms with Crippen LogP contribution in [0.2, 0.25) is 20.1 Å². The van der Waals surface area contributed by atoms with Crippen molar-refractivity contribution in [2.24, 2.45) is 0 Å². The van der Waals surface area contributed by atoms with E-state index in [1.54, 1.807) is 24.3 Å². The van der Waals surface area contributed by atoms with Crippen molar-refractivity contribution in [3.63, 3.8) is 0 Å². The third-order valence-corrected chi connectivity index (χ3v) is 7.85. The van der Waals surface area contributed by atoms with Crippen LogP contribution in [0.3, 0.4) is 0 Å². The highest BCUT2D eigenvalue weighted by Gasteiger charge is 2.42. The molecule has 0 unspecified atom stereocenters. The van der Waals surface area contributed by atoms with Crippen LogP contribution in [-0.4, -0.2) is 24.1 Å². The molecule has 2 aliphatic carbocycles. The third kappa shape index (κ3) is 5.26. The molecule has 2 aromatic carbocycles. The minimum Gasteiger partial charge on any atom is -0.481 e. The Morgan fingerprint density at radius 1 is 0.838 bits per heavy atom. The Morgan fingerprint density at radius 2 is 1.43 bits per heavy atom. The monoisotopic (exact) mass is 579 g/mol. The molecule has 0 saturated heterocycles. The molecule has 1 N–H and O–H groups in total. The van der Waals surface area contributed by atoms with E-state index in [4.69, 9.17) is 55.9 Å². The standard InChI is InChI=1S/C27H21Cl4NO5/c28-15-8-7-14(11-16(15)29)32-23(35)12-36-27-17(30)9-13(10-18(27)31)24-25-19(33)3-1-5-21(25)37-22-6-2-4-20(34)26(22)24/h7-11,24H,1-6,12H2,(H,32,35). The minimum atomic E-state index is -0.596. The fraction of sp³-hybridized carbons (Fsp3) is 0.296. The van der Waals surface area contributed by atoms with Gasteiger partial charge in [-0.05, 0) is 48.7 Å². The number of rotatable bonds is 5. The average Bonchev–Trinajstić information content (AvgIpc) is 2.85. The van der Waals surface area contributed by atoms with Crippen LogP contribution in [0.1, 0.15) is 50.0 Å². The summed E-state index contributed by atoms with van der Waals surface area (Å²) >= 11 is 25.0. The van der Waals surface area contributed by atoms with Gasteiger partial charge in [-0.25, -0.2) is 0 Å². The number of carbonyl (C=O) groups excluding carboxylic acids is 3. The number of hydrogen-bond donors (Lipinski definition) is 1. The highest BCUT2D eigenvalue weighted by molar-refractivity contribution is 6.42. The maximum atomic E-state index is 13.0. The molecule has 3 aliphatic rings. The zero-order valence-electron chi connectivity index (χ0n) is 19.5. The number of amides is 1. The van der Waals surface area contributed by atoms with Gasteiger partial charge in [0.05, 0.1) is 20.1 Å². The van der Waals surface area contributed by atoms with Gasteiger partial charge in [0.25, 0.3) is 5.91 Å². The molecular weight excluding hydrogens is 560 g/mol. The van der Waals surface area contributed by atoms with Gasteiger partial charge >= 0.3 is 0 Å².